The van der Waals surface area contributed by atoms with Crippen molar-refractivity contribution in [1.29, 1.82) is 0 Å². The van der Waals surface area contributed by atoms with Crippen LogP contribution in [0.3, 0.4) is 0 Å². The number of carbonyl (C=O) groups is 2. The molecule has 5 rings (SSSR count). The van der Waals surface area contributed by atoms with Gasteiger partial charge in [-0.15, -0.1) is 0 Å². The molecule has 0 saturated carbocycles. The zero-order chi connectivity index (χ0) is 40.5. The van der Waals surface area contributed by atoms with Gasteiger partial charge in [-0.3, -0.25) is 4.79 Å². The average molecular weight is 793 g/mol. The van der Waals surface area contributed by atoms with Gasteiger partial charge in [0.15, 0.2) is 12.6 Å². The van der Waals surface area contributed by atoms with Crippen molar-refractivity contribution >= 4 is 11.9 Å². The maximum absolute atomic E-state index is 13.4. The van der Waals surface area contributed by atoms with Crippen LogP contribution in [0.2, 0.25) is 0 Å². The number of benzene rings is 2. The highest BCUT2D eigenvalue weighted by Gasteiger charge is 2.48. The summed E-state index contributed by atoms with van der Waals surface area (Å²) in [6.07, 6.45) is -14.7. The number of hydrogen-bond acceptors (Lipinski definition) is 18. The second kappa shape index (κ2) is 19.8. The van der Waals surface area contributed by atoms with Crippen molar-refractivity contribution in [3.05, 3.63) is 83.1 Å². The highest BCUT2D eigenvalue weighted by atomic mass is 16.8. The minimum Gasteiger partial charge on any atom is -0.508 e. The molecule has 0 amide bonds. The van der Waals surface area contributed by atoms with Gasteiger partial charge in [0.2, 0.25) is 6.29 Å². The second-order valence-electron chi connectivity index (χ2n) is 13.5. The third-order valence-electron chi connectivity index (χ3n) is 9.66. The van der Waals surface area contributed by atoms with Crippen molar-refractivity contribution in [3.8, 4) is 11.5 Å². The summed E-state index contributed by atoms with van der Waals surface area (Å²) in [7, 11) is 0. The Bertz CT molecular complexity index is 1640. The van der Waals surface area contributed by atoms with Gasteiger partial charge >= 0.3 is 11.9 Å². The summed E-state index contributed by atoms with van der Waals surface area (Å²) in [6, 6.07) is 12.6. The summed E-state index contributed by atoms with van der Waals surface area (Å²) >= 11 is 0. The van der Waals surface area contributed by atoms with Crippen LogP contribution in [0.1, 0.15) is 24.5 Å². The molecule has 3 aliphatic rings. The minimum atomic E-state index is -1.79. The largest absolute Gasteiger partial charge is 0.508 e. The zero-order valence-electron chi connectivity index (χ0n) is 30.4. The van der Waals surface area contributed by atoms with Crippen molar-refractivity contribution in [2.24, 2.45) is 5.92 Å². The topological polar surface area (TPSA) is 281 Å². The summed E-state index contributed by atoms with van der Waals surface area (Å²) in [5.41, 5.74) is 1.62. The summed E-state index contributed by atoms with van der Waals surface area (Å²) in [5, 5.41) is 91.3. The molecule has 0 radical (unpaired) electrons. The molecule has 18 nitrogen and oxygen atoms in total. The molecule has 2 saturated heterocycles. The van der Waals surface area contributed by atoms with Crippen LogP contribution < -0.4 is 0 Å². The number of phenolic OH excluding ortho intramolecular Hbond substituents is 2. The van der Waals surface area contributed by atoms with Gasteiger partial charge in [-0.25, -0.2) is 4.79 Å². The number of esters is 2. The SMILES string of the molecule is C/C=C1/[C@H](O[C@@H]2O[C@H](CO)[C@@H](O)[C@H](O)[C@H]2O)OC=C(C(=O)OCCc2ccc(O)cc2)[C@H]1CC(=O)OC[C@H]1O[C@@H](OCCc2ccc(O)cc2)[C@H](O)[C@@H](O)[C@@H]1O. The van der Waals surface area contributed by atoms with Gasteiger partial charge in [-0.1, -0.05) is 30.3 Å². The van der Waals surface area contributed by atoms with E-state index in [0.717, 1.165) is 17.4 Å². The van der Waals surface area contributed by atoms with Crippen LogP contribution in [0, 0.1) is 5.92 Å². The monoisotopic (exact) mass is 792 g/mol. The van der Waals surface area contributed by atoms with Gasteiger partial charge in [0.25, 0.3) is 0 Å². The lowest BCUT2D eigenvalue weighted by atomic mass is 9.86. The smallest absolute Gasteiger partial charge is 0.337 e. The molecule has 2 aromatic rings. The molecule has 18 heteroatoms. The fourth-order valence-electron chi connectivity index (χ4n) is 6.36. The van der Waals surface area contributed by atoms with E-state index >= 15 is 0 Å². The lowest BCUT2D eigenvalue weighted by Gasteiger charge is -2.42. The number of phenols is 2. The van der Waals surface area contributed by atoms with Crippen molar-refractivity contribution in [2.75, 3.05) is 26.4 Å². The fraction of sp³-hybridized carbons (Fsp3) is 0.526. The first kappa shape index (κ1) is 43.0. The molecule has 0 bridgehead atoms. The predicted molar refractivity (Wildman–Crippen MR) is 188 cm³/mol. The highest BCUT2D eigenvalue weighted by Crippen LogP contribution is 2.36. The van der Waals surface area contributed by atoms with E-state index in [1.165, 1.54) is 30.3 Å². The van der Waals surface area contributed by atoms with Gasteiger partial charge in [0.05, 0.1) is 38.1 Å². The van der Waals surface area contributed by atoms with E-state index < -0.39 is 105 Å². The second-order valence-corrected chi connectivity index (χ2v) is 13.5. The third-order valence-corrected chi connectivity index (χ3v) is 9.66. The van der Waals surface area contributed by atoms with E-state index in [1.807, 2.05) is 0 Å². The van der Waals surface area contributed by atoms with Crippen LogP contribution in [-0.2, 0) is 55.6 Å². The van der Waals surface area contributed by atoms with E-state index in [-0.39, 0.29) is 42.3 Å². The Kier molecular flexibility index (Phi) is 15.2. The first-order valence-corrected chi connectivity index (χ1v) is 18.0. The molecule has 3 aliphatic heterocycles. The molecule has 0 spiro atoms. The first-order valence-electron chi connectivity index (χ1n) is 18.0. The van der Waals surface area contributed by atoms with Crippen LogP contribution in [0.25, 0.3) is 0 Å². The molecule has 9 N–H and O–H groups in total. The van der Waals surface area contributed by atoms with Crippen molar-refractivity contribution in [1.82, 2.24) is 0 Å². The van der Waals surface area contributed by atoms with Crippen LogP contribution in [0.5, 0.6) is 11.5 Å². The van der Waals surface area contributed by atoms with Gasteiger partial charge in [0.1, 0.15) is 66.9 Å². The molecule has 0 aromatic heterocycles. The molecule has 0 aliphatic carbocycles. The van der Waals surface area contributed by atoms with E-state index in [9.17, 15) is 55.5 Å². The van der Waals surface area contributed by atoms with Gasteiger partial charge < -0.3 is 79.1 Å². The summed E-state index contributed by atoms with van der Waals surface area (Å²) in [4.78, 5) is 26.9. The number of aliphatic hydroxyl groups is 7. The summed E-state index contributed by atoms with van der Waals surface area (Å²) in [5.74, 6) is -2.74. The van der Waals surface area contributed by atoms with Gasteiger partial charge in [0, 0.05) is 17.9 Å². The Morgan fingerprint density at radius 1 is 0.714 bits per heavy atom. The molecular weight excluding hydrogens is 744 g/mol. The zero-order valence-corrected chi connectivity index (χ0v) is 30.4. The Morgan fingerprint density at radius 2 is 1.27 bits per heavy atom. The molecule has 56 heavy (non-hydrogen) atoms. The van der Waals surface area contributed by atoms with Gasteiger partial charge in [-0.05, 0) is 48.7 Å². The Labute approximate surface area is 321 Å². The number of aliphatic hydroxyl groups excluding tert-OH is 7. The van der Waals surface area contributed by atoms with E-state index in [2.05, 4.69) is 0 Å². The number of ether oxygens (including phenoxy) is 7. The lowest BCUT2D eigenvalue weighted by molar-refractivity contribution is -0.327. The van der Waals surface area contributed by atoms with E-state index in [4.69, 9.17) is 33.2 Å². The van der Waals surface area contributed by atoms with Crippen LogP contribution in [0.15, 0.2) is 72.0 Å². The Morgan fingerprint density at radius 3 is 1.86 bits per heavy atom. The van der Waals surface area contributed by atoms with Crippen molar-refractivity contribution in [3.63, 3.8) is 0 Å². The minimum absolute atomic E-state index is 0.0320. The highest BCUT2D eigenvalue weighted by molar-refractivity contribution is 5.91. The normalized spacial score (nSPS) is 32.6. The van der Waals surface area contributed by atoms with Crippen LogP contribution >= 0.6 is 0 Å². The summed E-state index contributed by atoms with van der Waals surface area (Å²) < 4.78 is 39.2. The number of allylic oxidation sites excluding steroid dienone is 1. The Hall–Kier alpha value is -4.18. The molecular formula is C38H48O18. The Balaban J connectivity index is 1.26. The molecule has 2 aromatic carbocycles. The average Bonchev–Trinajstić information content (AvgIpc) is 3.19. The van der Waals surface area contributed by atoms with E-state index in [0.29, 0.717) is 6.42 Å². The van der Waals surface area contributed by atoms with Crippen molar-refractivity contribution < 1.29 is 88.7 Å². The molecule has 308 valence electrons. The maximum atomic E-state index is 13.4. The summed E-state index contributed by atoms with van der Waals surface area (Å²) in [6.45, 7) is 0.183. The number of carbonyl (C=O) groups excluding carboxylic acids is 2. The quantitative estimate of drug-likeness (QED) is 0.0757. The van der Waals surface area contributed by atoms with Crippen molar-refractivity contribution in [2.45, 2.75) is 93.9 Å². The third kappa shape index (κ3) is 10.6. The predicted octanol–water partition coefficient (Wildman–Crippen LogP) is -1.20. The molecule has 2 fully saturated rings. The van der Waals surface area contributed by atoms with E-state index in [1.54, 1.807) is 31.2 Å². The number of aromatic hydroxyl groups is 2. The van der Waals surface area contributed by atoms with Crippen LogP contribution in [0.4, 0.5) is 0 Å². The molecule has 3 heterocycles. The maximum Gasteiger partial charge on any atom is 0.337 e. The molecule has 0 unspecified atom stereocenters. The number of hydrogen-bond donors (Lipinski definition) is 9. The number of rotatable bonds is 15. The fourth-order valence-corrected chi connectivity index (χ4v) is 6.36. The first-order chi connectivity index (χ1) is 26.8. The van der Waals surface area contributed by atoms with Crippen LogP contribution in [-0.4, -0.2) is 152 Å². The molecule has 12 atom stereocenters. The standard InChI is InChI=1S/C38H48O18/c1-2-23-24(15-28(42)52-18-27-30(44)32(46)33(47)37(55-27)51-14-12-20-5-9-22(41)10-6-20)25(35(49)50-13-11-19-3-7-21(40)8-4-19)17-53-36(23)56-38-34(48)31(45)29(43)26(16-39)54-38/h2-10,17,24,26-27,29-34,36-41,43-48H,11-16,18H2,1H3/b23-2+/t24-,26+,27+,29+,30+,31-,32-,33+,34+,36-,37+,38-/m0/s1. The van der Waals surface area contributed by atoms with Gasteiger partial charge in [-0.2, -0.15) is 0 Å². The lowest BCUT2D eigenvalue weighted by Crippen LogP contribution is -2.60.